The van der Waals surface area contributed by atoms with Crippen molar-refractivity contribution < 1.29 is 123 Å². The third-order valence-electron chi connectivity index (χ3n) is 24.8. The van der Waals surface area contributed by atoms with Crippen molar-refractivity contribution >= 4 is 53.9 Å². The van der Waals surface area contributed by atoms with Gasteiger partial charge in [0.15, 0.2) is 0 Å². The zero-order chi connectivity index (χ0) is 99.4. The lowest BCUT2D eigenvalue weighted by atomic mass is 9.86. The molecule has 0 N–H and O–H groups in total. The van der Waals surface area contributed by atoms with Crippen molar-refractivity contribution in [2.24, 2.45) is 0 Å². The van der Waals surface area contributed by atoms with Crippen molar-refractivity contribution in [2.45, 2.75) is 150 Å². The average Bonchev–Trinajstić information content (AvgIpc) is 0.748. The van der Waals surface area contributed by atoms with Crippen molar-refractivity contribution in [3.05, 3.63) is 215 Å². The molecule has 0 saturated carbocycles. The molecule has 794 valence electrons. The quantitative estimate of drug-likeness (QED) is 0.0254. The number of hydrogen-bond donors (Lipinski definition) is 0. The maximum absolute atomic E-state index is 6.28. The van der Waals surface area contributed by atoms with Gasteiger partial charge >= 0.3 is 0 Å². The molecule has 10 aromatic carbocycles. The third-order valence-corrected chi connectivity index (χ3v) is 24.8. The van der Waals surface area contributed by atoms with E-state index in [4.69, 9.17) is 123 Å². The Bertz CT molecular complexity index is 5940. The lowest BCUT2D eigenvalue weighted by Gasteiger charge is -2.26. The van der Waals surface area contributed by atoms with Crippen LogP contribution in [0.2, 0.25) is 0 Å². The molecule has 0 saturated heterocycles. The van der Waals surface area contributed by atoms with Crippen LogP contribution in [0.25, 0.3) is 53.9 Å². The minimum atomic E-state index is 0. The highest BCUT2D eigenvalue weighted by atomic mass is 16.6. The smallest absolute Gasteiger partial charge is 0.135 e. The lowest BCUT2D eigenvalue weighted by Crippen LogP contribution is -2.14. The van der Waals surface area contributed by atoms with Crippen LogP contribution in [0, 0.1) is 34.6 Å². The molecule has 10 aromatic rings. The first kappa shape index (κ1) is 121. The molecule has 0 spiro atoms. The van der Waals surface area contributed by atoms with Gasteiger partial charge in [0.2, 0.25) is 0 Å². The molecule has 0 fully saturated rings. The molecule has 5 aliphatic rings. The highest BCUT2D eigenvalue weighted by Crippen LogP contribution is 2.54. The van der Waals surface area contributed by atoms with Crippen molar-refractivity contribution in [1.82, 2.24) is 0 Å². The Hall–Kier alpha value is -11.4. The van der Waals surface area contributed by atoms with Gasteiger partial charge in [-0.2, -0.15) is 0 Å². The number of allylic oxidation sites excluding steroid dienone is 10. The normalized spacial score (nSPS) is 12.8. The summed E-state index contributed by atoms with van der Waals surface area (Å²) in [5.41, 5.74) is 20.2. The van der Waals surface area contributed by atoms with Crippen LogP contribution in [0.15, 0.2) is 132 Å². The summed E-state index contributed by atoms with van der Waals surface area (Å²) in [6.45, 7) is 25.2. The SMILES string of the molecule is C.C.C.C.C.COCCOc1c2c(c(OCCOC)c3c(C)cc(C)cc13)CC(C)=CC2.COCCOc1c2c(c(OCCOC)c3c(C)cc(C)cc13)CC(OC)=CC2.COCCOc1c2c(c(OCCOC)c3c(OC)cc(C)cc13)CC(C)=CC2.COCCOc1c2c(c(OCCOC)c3c(OC)cc(OC)cc13)CC(OC)=CC2.COCCOc1c2c(c(OCCOC)c3ccccc13)CC(OC)=CC2. The molecule has 0 unspecified atom stereocenters. The van der Waals surface area contributed by atoms with E-state index >= 15 is 0 Å². The van der Waals surface area contributed by atoms with Gasteiger partial charge in [0.1, 0.15) is 141 Å². The first-order chi connectivity index (χ1) is 67.7. The van der Waals surface area contributed by atoms with Gasteiger partial charge in [-0.1, -0.05) is 108 Å². The van der Waals surface area contributed by atoms with Crippen LogP contribution < -0.4 is 61.6 Å². The van der Waals surface area contributed by atoms with E-state index in [1.165, 1.54) is 61.2 Å². The van der Waals surface area contributed by atoms with E-state index in [2.05, 4.69) is 121 Å². The molecule has 0 heterocycles. The van der Waals surface area contributed by atoms with E-state index in [0.717, 1.165) is 206 Å². The number of ether oxygens (including phenoxy) is 26. The van der Waals surface area contributed by atoms with Gasteiger partial charge in [0, 0.05) is 195 Å². The molecular formula is C118H166O26. The van der Waals surface area contributed by atoms with Gasteiger partial charge in [-0.15, -0.1) is 0 Å². The maximum Gasteiger partial charge on any atom is 0.135 e. The fraction of sp³-hybridized carbons (Fsp3) is 0.492. The van der Waals surface area contributed by atoms with Crippen LogP contribution in [0.5, 0.6) is 74.7 Å². The fourth-order valence-electron chi connectivity index (χ4n) is 18.4. The topological polar surface area (TPSA) is 240 Å². The van der Waals surface area contributed by atoms with Gasteiger partial charge in [-0.3, -0.25) is 0 Å². The van der Waals surface area contributed by atoms with E-state index in [1.807, 2.05) is 30.3 Å². The van der Waals surface area contributed by atoms with Crippen molar-refractivity contribution in [3.8, 4) is 74.7 Å². The van der Waals surface area contributed by atoms with Gasteiger partial charge in [0.05, 0.1) is 137 Å². The number of methoxy groups -OCH3 is 16. The Morgan fingerprint density at radius 3 is 0.708 bits per heavy atom. The monoisotopic (exact) mass is 2000 g/mol. The Balaban J connectivity index is 0.000000273. The summed E-state index contributed by atoms with van der Waals surface area (Å²) in [7, 11) is 26.9. The van der Waals surface area contributed by atoms with Crippen LogP contribution in [0.1, 0.15) is 134 Å². The van der Waals surface area contributed by atoms with Gasteiger partial charge in [0.25, 0.3) is 0 Å². The van der Waals surface area contributed by atoms with Crippen molar-refractivity contribution in [3.63, 3.8) is 0 Å². The van der Waals surface area contributed by atoms with Gasteiger partial charge in [-0.25, -0.2) is 0 Å². The first-order valence-electron chi connectivity index (χ1n) is 47.6. The zero-order valence-corrected chi connectivity index (χ0v) is 86.1. The Morgan fingerprint density at radius 1 is 0.201 bits per heavy atom. The fourth-order valence-corrected chi connectivity index (χ4v) is 18.4. The number of hydrogen-bond acceptors (Lipinski definition) is 26. The average molecular weight is 2000 g/mol. The van der Waals surface area contributed by atoms with Gasteiger partial charge in [-0.05, 0) is 159 Å². The second-order valence-electron chi connectivity index (χ2n) is 34.3. The highest BCUT2D eigenvalue weighted by Gasteiger charge is 2.34. The molecule has 26 nitrogen and oxygen atoms in total. The molecule has 26 heteroatoms. The molecule has 15 rings (SSSR count). The molecule has 144 heavy (non-hydrogen) atoms. The molecule has 0 radical (unpaired) electrons. The zero-order valence-electron chi connectivity index (χ0n) is 86.1. The molecule has 5 aliphatic carbocycles. The largest absolute Gasteiger partial charge is 0.501 e. The summed E-state index contributed by atoms with van der Waals surface area (Å²) < 4.78 is 148. The standard InChI is InChI=1S/C23H30O7.2C23H30O5.C23H30O4.C21H26O5.5CH4/c1-24-8-10-29-22-17-7-6-15(26-3)12-18(17)23(30-11-9-25-2)21-19(22)13-16(27-4)14-20(21)28-5;1-15-12-16(2)21-20(13-15)22(27-10-8-24-3)18-7-6-17(26-5)14-19(18)23(21)28-11-9-25-4;1-15-6-7-17-18(12-15)23(28-11-9-25-4)21-19(22(17)27-10-8-24-3)13-16(2)14-20(21)26-5;1-15-6-7-18-19(13-15)23(27-11-9-25-5)21-17(3)12-16(2)14-20(21)22(18)26-10-8-24-4;1-22-10-12-25-20-16-6-4-5-7-17(16)21(26-13-11-23-2)19-14-15(24-3)8-9-18(19)20;;;;;/h6,13-14H,7-12H2,1-5H3;6,12-13H,7-11,14H2,1-5H3;6,13-14H,7-12H2,1-5H3;6,12,14H,7-11,13H2,1-5H3;4-8H,9-14H2,1-3H3;5*1H4. The highest BCUT2D eigenvalue weighted by molar-refractivity contribution is 6.04. The lowest BCUT2D eigenvalue weighted by molar-refractivity contribution is 0.144. The van der Waals surface area contributed by atoms with Crippen molar-refractivity contribution in [1.29, 1.82) is 0 Å². The second-order valence-corrected chi connectivity index (χ2v) is 34.3. The Labute approximate surface area is 857 Å². The minimum Gasteiger partial charge on any atom is -0.501 e. The van der Waals surface area contributed by atoms with Crippen LogP contribution in [0.3, 0.4) is 0 Å². The number of aryl methyl sites for hydroxylation is 5. The third kappa shape index (κ3) is 30.0. The Morgan fingerprint density at radius 2 is 0.431 bits per heavy atom. The molecule has 0 bridgehead atoms. The summed E-state index contributed by atoms with van der Waals surface area (Å²) in [5, 5.41) is 10.3. The predicted molar refractivity (Wildman–Crippen MR) is 580 cm³/mol. The van der Waals surface area contributed by atoms with Crippen LogP contribution in [-0.2, 0) is 126 Å². The van der Waals surface area contributed by atoms with E-state index < -0.39 is 0 Å². The number of fused-ring (bicyclic) bond motifs is 10. The van der Waals surface area contributed by atoms with E-state index in [-0.39, 0.29) is 37.1 Å². The van der Waals surface area contributed by atoms with E-state index in [0.29, 0.717) is 169 Å². The summed E-state index contributed by atoms with van der Waals surface area (Å²) in [6, 6.07) is 25.0. The van der Waals surface area contributed by atoms with Gasteiger partial charge < -0.3 is 123 Å². The predicted octanol–water partition coefficient (Wildman–Crippen LogP) is 23.2. The van der Waals surface area contributed by atoms with Crippen LogP contribution in [0.4, 0.5) is 0 Å². The van der Waals surface area contributed by atoms with Crippen molar-refractivity contribution in [2.75, 3.05) is 246 Å². The molecule has 0 amide bonds. The summed E-state index contributed by atoms with van der Waals surface area (Å²) in [5.74, 6) is 13.9. The Kier molecular flexibility index (Phi) is 52.0. The molecular weight excluding hydrogens is 1830 g/mol. The van der Waals surface area contributed by atoms with Crippen LogP contribution >= 0.6 is 0 Å². The minimum absolute atomic E-state index is 0. The maximum atomic E-state index is 6.28. The molecule has 0 aliphatic heterocycles. The first-order valence-corrected chi connectivity index (χ1v) is 47.6. The van der Waals surface area contributed by atoms with E-state index in [1.54, 1.807) is 114 Å². The summed E-state index contributed by atoms with van der Waals surface area (Å²) in [6.07, 6.45) is 18.5. The summed E-state index contributed by atoms with van der Waals surface area (Å²) in [4.78, 5) is 0. The number of rotatable bonds is 46. The number of benzene rings is 10. The molecule has 0 aromatic heterocycles. The van der Waals surface area contributed by atoms with E-state index in [9.17, 15) is 0 Å². The summed E-state index contributed by atoms with van der Waals surface area (Å²) >= 11 is 0. The second kappa shape index (κ2) is 61.8. The molecule has 0 atom stereocenters. The van der Waals surface area contributed by atoms with Crippen LogP contribution in [-0.4, -0.2) is 246 Å².